The zero-order valence-corrected chi connectivity index (χ0v) is 13.0. The first kappa shape index (κ1) is 14.8. The minimum atomic E-state index is 0.102. The number of benzene rings is 1. The number of pyridine rings is 1. The lowest BCUT2D eigenvalue weighted by atomic mass is 10.1. The second-order valence-electron chi connectivity index (χ2n) is 6.21. The van der Waals surface area contributed by atoms with E-state index in [-0.39, 0.29) is 5.54 Å². The Morgan fingerprint density at radius 2 is 1.90 bits per heavy atom. The van der Waals surface area contributed by atoms with Crippen LogP contribution in [0.3, 0.4) is 0 Å². The lowest BCUT2D eigenvalue weighted by Gasteiger charge is -2.20. The van der Waals surface area contributed by atoms with Crippen LogP contribution in [0.5, 0.6) is 0 Å². The van der Waals surface area contributed by atoms with Gasteiger partial charge < -0.3 is 10.6 Å². The topological polar surface area (TPSA) is 37.0 Å². The van der Waals surface area contributed by atoms with Crippen molar-refractivity contribution in [2.75, 3.05) is 11.9 Å². The van der Waals surface area contributed by atoms with Crippen LogP contribution in [0, 0.1) is 0 Å². The molecule has 20 heavy (non-hydrogen) atoms. The molecule has 0 saturated heterocycles. The Morgan fingerprint density at radius 1 is 1.15 bits per heavy atom. The summed E-state index contributed by atoms with van der Waals surface area (Å²) in [4.78, 5) is 4.74. The summed E-state index contributed by atoms with van der Waals surface area (Å²) in [7, 11) is 0. The highest BCUT2D eigenvalue weighted by Crippen LogP contribution is 2.23. The lowest BCUT2D eigenvalue weighted by Crippen LogP contribution is -2.35. The van der Waals surface area contributed by atoms with Gasteiger partial charge in [0.1, 0.15) is 0 Å². The van der Waals surface area contributed by atoms with Crippen molar-refractivity contribution in [1.82, 2.24) is 10.3 Å². The van der Waals surface area contributed by atoms with E-state index in [1.54, 1.807) is 0 Å². The molecule has 0 amide bonds. The second-order valence-corrected chi connectivity index (χ2v) is 6.21. The van der Waals surface area contributed by atoms with Gasteiger partial charge >= 0.3 is 0 Å². The van der Waals surface area contributed by atoms with Crippen LogP contribution in [0.1, 0.15) is 39.8 Å². The van der Waals surface area contributed by atoms with E-state index in [0.717, 1.165) is 30.7 Å². The van der Waals surface area contributed by atoms with Crippen molar-refractivity contribution in [2.24, 2.45) is 0 Å². The number of hydrogen-bond acceptors (Lipinski definition) is 3. The number of para-hydroxylation sites is 1. The van der Waals surface area contributed by atoms with E-state index in [0.29, 0.717) is 0 Å². The lowest BCUT2D eigenvalue weighted by molar-refractivity contribution is 0.421. The molecule has 0 unspecified atom stereocenters. The molecule has 0 aliphatic rings. The van der Waals surface area contributed by atoms with Crippen molar-refractivity contribution in [2.45, 2.75) is 46.2 Å². The molecule has 0 bridgehead atoms. The van der Waals surface area contributed by atoms with Gasteiger partial charge in [-0.2, -0.15) is 0 Å². The zero-order chi connectivity index (χ0) is 14.6. The number of fused-ring (bicyclic) bond motifs is 1. The number of aromatic nitrogens is 1. The summed E-state index contributed by atoms with van der Waals surface area (Å²) in [6.45, 7) is 10.5. The SMILES string of the molecule is CCCNc1cc(CNC(C)(C)C)nc2ccccc12. The van der Waals surface area contributed by atoms with Gasteiger partial charge in [-0.3, -0.25) is 4.98 Å². The van der Waals surface area contributed by atoms with Crippen LogP contribution in [0.2, 0.25) is 0 Å². The molecule has 2 N–H and O–H groups in total. The van der Waals surface area contributed by atoms with E-state index in [1.165, 1.54) is 11.1 Å². The van der Waals surface area contributed by atoms with Gasteiger partial charge in [0.15, 0.2) is 0 Å². The number of nitrogens with zero attached hydrogens (tertiary/aromatic N) is 1. The molecule has 0 aliphatic heterocycles. The molecule has 2 rings (SSSR count). The Hall–Kier alpha value is -1.61. The van der Waals surface area contributed by atoms with Crippen molar-refractivity contribution in [1.29, 1.82) is 0 Å². The van der Waals surface area contributed by atoms with Crippen LogP contribution in [-0.4, -0.2) is 17.1 Å². The molecular formula is C17H25N3. The standard InChI is InChI=1S/C17H25N3/c1-5-10-18-16-11-13(12-19-17(2,3)4)20-15-9-7-6-8-14(15)16/h6-9,11,19H,5,10,12H2,1-4H3,(H,18,20). The molecule has 0 atom stereocenters. The van der Waals surface area contributed by atoms with E-state index < -0.39 is 0 Å². The minimum absolute atomic E-state index is 0.102. The van der Waals surface area contributed by atoms with E-state index in [1.807, 2.05) is 6.07 Å². The number of nitrogens with one attached hydrogen (secondary N) is 2. The molecule has 0 aliphatic carbocycles. The fourth-order valence-corrected chi connectivity index (χ4v) is 2.08. The molecule has 3 heteroatoms. The highest BCUT2D eigenvalue weighted by molar-refractivity contribution is 5.91. The molecule has 1 heterocycles. The van der Waals surface area contributed by atoms with Gasteiger partial charge in [0.05, 0.1) is 11.2 Å². The van der Waals surface area contributed by atoms with Crippen LogP contribution >= 0.6 is 0 Å². The fourth-order valence-electron chi connectivity index (χ4n) is 2.08. The van der Waals surface area contributed by atoms with Crippen LogP contribution in [-0.2, 0) is 6.54 Å². The maximum absolute atomic E-state index is 4.74. The summed E-state index contributed by atoms with van der Waals surface area (Å²) in [5.74, 6) is 0. The molecule has 0 spiro atoms. The Morgan fingerprint density at radius 3 is 2.60 bits per heavy atom. The number of rotatable bonds is 5. The molecule has 3 nitrogen and oxygen atoms in total. The minimum Gasteiger partial charge on any atom is -0.384 e. The molecular weight excluding hydrogens is 246 g/mol. The normalized spacial score (nSPS) is 11.8. The Bertz CT molecular complexity index is 570. The van der Waals surface area contributed by atoms with Gasteiger partial charge in [0.25, 0.3) is 0 Å². The molecule has 1 aromatic heterocycles. The highest BCUT2D eigenvalue weighted by Gasteiger charge is 2.10. The second kappa shape index (κ2) is 6.23. The van der Waals surface area contributed by atoms with Crippen molar-refractivity contribution in [3.8, 4) is 0 Å². The largest absolute Gasteiger partial charge is 0.384 e. The van der Waals surface area contributed by atoms with Gasteiger partial charge in [-0.15, -0.1) is 0 Å². The van der Waals surface area contributed by atoms with E-state index in [4.69, 9.17) is 4.98 Å². The van der Waals surface area contributed by atoms with E-state index >= 15 is 0 Å². The molecule has 1 aromatic carbocycles. The first-order valence-electron chi connectivity index (χ1n) is 7.37. The predicted octanol–water partition coefficient (Wildman–Crippen LogP) is 3.94. The highest BCUT2D eigenvalue weighted by atomic mass is 15.0. The third kappa shape index (κ3) is 3.94. The summed E-state index contributed by atoms with van der Waals surface area (Å²) in [5, 5.41) is 8.20. The quantitative estimate of drug-likeness (QED) is 0.864. The summed E-state index contributed by atoms with van der Waals surface area (Å²) < 4.78 is 0. The average Bonchev–Trinajstić information content (AvgIpc) is 2.41. The summed E-state index contributed by atoms with van der Waals surface area (Å²) in [6.07, 6.45) is 1.12. The number of hydrogen-bond donors (Lipinski definition) is 2. The van der Waals surface area contributed by atoms with Crippen LogP contribution in [0.4, 0.5) is 5.69 Å². The molecule has 108 valence electrons. The fraction of sp³-hybridized carbons (Fsp3) is 0.471. The van der Waals surface area contributed by atoms with Gasteiger partial charge in [0, 0.05) is 29.7 Å². The third-order valence-electron chi connectivity index (χ3n) is 3.13. The van der Waals surface area contributed by atoms with Gasteiger partial charge in [-0.25, -0.2) is 0 Å². The van der Waals surface area contributed by atoms with E-state index in [2.05, 4.69) is 62.6 Å². The maximum atomic E-state index is 4.74. The van der Waals surface area contributed by atoms with Gasteiger partial charge in [-0.1, -0.05) is 25.1 Å². The summed E-state index contributed by atoms with van der Waals surface area (Å²) in [5.41, 5.74) is 3.42. The third-order valence-corrected chi connectivity index (χ3v) is 3.13. The average molecular weight is 271 g/mol. The predicted molar refractivity (Wildman–Crippen MR) is 87.1 cm³/mol. The summed E-state index contributed by atoms with van der Waals surface area (Å²) >= 11 is 0. The van der Waals surface area contributed by atoms with Crippen molar-refractivity contribution in [3.63, 3.8) is 0 Å². The maximum Gasteiger partial charge on any atom is 0.0726 e. The van der Waals surface area contributed by atoms with Crippen LogP contribution in [0.25, 0.3) is 10.9 Å². The molecule has 2 aromatic rings. The van der Waals surface area contributed by atoms with Crippen molar-refractivity contribution < 1.29 is 0 Å². The smallest absolute Gasteiger partial charge is 0.0726 e. The number of anilines is 1. The van der Waals surface area contributed by atoms with Crippen LogP contribution < -0.4 is 10.6 Å². The Kier molecular flexibility index (Phi) is 4.61. The Balaban J connectivity index is 2.31. The summed E-state index contributed by atoms with van der Waals surface area (Å²) in [6, 6.07) is 10.5. The van der Waals surface area contributed by atoms with Crippen molar-refractivity contribution >= 4 is 16.6 Å². The van der Waals surface area contributed by atoms with Gasteiger partial charge in [-0.05, 0) is 39.3 Å². The van der Waals surface area contributed by atoms with Gasteiger partial charge in [0.2, 0.25) is 0 Å². The monoisotopic (exact) mass is 271 g/mol. The zero-order valence-electron chi connectivity index (χ0n) is 13.0. The van der Waals surface area contributed by atoms with Crippen molar-refractivity contribution in [3.05, 3.63) is 36.0 Å². The first-order chi connectivity index (χ1) is 9.49. The molecule has 0 radical (unpaired) electrons. The first-order valence-corrected chi connectivity index (χ1v) is 7.37. The molecule has 0 fully saturated rings. The van der Waals surface area contributed by atoms with Crippen LogP contribution in [0.15, 0.2) is 30.3 Å². The van der Waals surface area contributed by atoms with E-state index in [9.17, 15) is 0 Å². The Labute approximate surface area is 121 Å². The molecule has 0 saturated carbocycles.